The van der Waals surface area contributed by atoms with Gasteiger partial charge in [0.1, 0.15) is 6.10 Å². The van der Waals surface area contributed by atoms with Crippen molar-refractivity contribution in [3.63, 3.8) is 0 Å². The number of imidazole rings is 1. The van der Waals surface area contributed by atoms with Gasteiger partial charge >= 0.3 is 0 Å². The lowest BCUT2D eigenvalue weighted by atomic mass is 9.58. The van der Waals surface area contributed by atoms with Gasteiger partial charge in [-0.3, -0.25) is 14.3 Å². The number of fused-ring (bicyclic) bond motifs is 2. The first-order valence-corrected chi connectivity index (χ1v) is 20.4. The number of aryl methyl sites for hydroxylation is 2. The van der Waals surface area contributed by atoms with E-state index < -0.39 is 6.43 Å². The van der Waals surface area contributed by atoms with E-state index in [0.717, 1.165) is 105 Å². The number of carbonyl (C=O) groups is 2. The number of ether oxygens (including phenoxy) is 1. The molecule has 4 heterocycles. The van der Waals surface area contributed by atoms with Crippen molar-refractivity contribution < 1.29 is 23.1 Å². The van der Waals surface area contributed by atoms with E-state index in [1.54, 1.807) is 36.2 Å². The molecule has 5 aliphatic rings. The lowest BCUT2D eigenvalue weighted by Gasteiger charge is -2.51. The zero-order chi connectivity index (χ0) is 39.1. The first-order chi connectivity index (χ1) is 27.0. The molecule has 2 aromatic heterocycles. The number of nitrogens with one attached hydrogen (secondary N) is 1. The van der Waals surface area contributed by atoms with E-state index >= 15 is 0 Å². The summed E-state index contributed by atoms with van der Waals surface area (Å²) >= 11 is 0. The molecule has 0 bridgehead atoms. The molecule has 1 spiro atoms. The molecule has 0 atom stereocenters. The third kappa shape index (κ3) is 7.63. The molecule has 3 aromatic rings. The monoisotopic (exact) mass is 771 g/mol. The second-order valence-electron chi connectivity index (χ2n) is 16.8. The summed E-state index contributed by atoms with van der Waals surface area (Å²) < 4.78 is 39.4. The normalized spacial score (nSPS) is 24.5. The van der Waals surface area contributed by atoms with Gasteiger partial charge in [-0.1, -0.05) is 19.3 Å². The van der Waals surface area contributed by atoms with Crippen molar-refractivity contribution in [3.05, 3.63) is 70.8 Å². The second-order valence-corrected chi connectivity index (χ2v) is 16.8. The highest BCUT2D eigenvalue weighted by molar-refractivity contribution is 5.92. The highest BCUT2D eigenvalue weighted by atomic mass is 19.3. The van der Waals surface area contributed by atoms with Gasteiger partial charge < -0.3 is 35.9 Å². The zero-order valence-corrected chi connectivity index (χ0v) is 32.6. The van der Waals surface area contributed by atoms with Crippen LogP contribution in [0.2, 0.25) is 0 Å². The fraction of sp³-hybridized carbons (Fsp3) is 0.571. The summed E-state index contributed by atoms with van der Waals surface area (Å²) in [5.41, 5.74) is 17.5. The van der Waals surface area contributed by atoms with Crippen LogP contribution >= 0.6 is 0 Å². The number of carbonyl (C=O) groups excluding carboxylic acids is 2. The Morgan fingerprint density at radius 2 is 1.79 bits per heavy atom. The van der Waals surface area contributed by atoms with E-state index in [4.69, 9.17) is 21.3 Å². The molecule has 2 amide bonds. The Kier molecular flexibility index (Phi) is 10.6. The molecule has 0 radical (unpaired) electrons. The van der Waals surface area contributed by atoms with Gasteiger partial charge in [0, 0.05) is 73.8 Å². The molecule has 1 aromatic carbocycles. The predicted octanol–water partition coefficient (Wildman–Crippen LogP) is 6.58. The van der Waals surface area contributed by atoms with E-state index in [1.165, 1.54) is 12.5 Å². The molecule has 3 aliphatic carbocycles. The Morgan fingerprint density at radius 1 is 1.02 bits per heavy atom. The summed E-state index contributed by atoms with van der Waals surface area (Å²) in [4.78, 5) is 33.5. The summed E-state index contributed by atoms with van der Waals surface area (Å²) in [5.74, 6) is 0.789. The number of aromatic nitrogens is 4. The molecule has 56 heavy (non-hydrogen) atoms. The average molecular weight is 772 g/mol. The fourth-order valence-corrected chi connectivity index (χ4v) is 9.89. The number of rotatable bonds is 9. The SMILES string of the molecule is CC(=O)N1CCc2c(c(N3CCCc4cc(-c5cn(C)cn5)c(C(F)F)cc43)nn2C2CCC3(CC2)CC(O/C(N)=C/C=C(\N)C(=O)NC2CCCCC2)C3)C1. The fourth-order valence-electron chi connectivity index (χ4n) is 9.89. The van der Waals surface area contributed by atoms with Crippen molar-refractivity contribution in [1.29, 1.82) is 0 Å². The first kappa shape index (κ1) is 38.0. The van der Waals surface area contributed by atoms with Crippen molar-refractivity contribution in [2.75, 3.05) is 18.0 Å². The number of nitrogens with zero attached hydrogens (tertiary/aromatic N) is 6. The van der Waals surface area contributed by atoms with Crippen LogP contribution in [0.25, 0.3) is 11.3 Å². The lowest BCUT2D eigenvalue weighted by Crippen LogP contribution is -2.45. The van der Waals surface area contributed by atoms with Crippen LogP contribution in [0.4, 0.5) is 20.3 Å². The van der Waals surface area contributed by atoms with Gasteiger partial charge in [-0.15, -0.1) is 0 Å². The number of halogens is 2. The number of anilines is 2. The minimum absolute atomic E-state index is 0.0184. The topological polar surface area (TPSA) is 150 Å². The van der Waals surface area contributed by atoms with Crippen LogP contribution in [0.15, 0.2) is 48.4 Å². The number of amides is 2. The summed E-state index contributed by atoms with van der Waals surface area (Å²) in [6.07, 6.45) is 17.5. The molecule has 0 saturated heterocycles. The quantitative estimate of drug-likeness (QED) is 0.126. The first-order valence-electron chi connectivity index (χ1n) is 20.4. The van der Waals surface area contributed by atoms with Crippen molar-refractivity contribution in [3.8, 4) is 11.3 Å². The number of allylic oxidation sites excluding steroid dienone is 2. The third-order valence-corrected chi connectivity index (χ3v) is 13.0. The molecule has 2 aliphatic heterocycles. The Bertz CT molecular complexity index is 2010. The van der Waals surface area contributed by atoms with Gasteiger partial charge in [-0.2, -0.15) is 5.10 Å². The van der Waals surface area contributed by atoms with E-state index in [9.17, 15) is 18.4 Å². The van der Waals surface area contributed by atoms with Crippen LogP contribution in [0.5, 0.6) is 0 Å². The Hall–Kier alpha value is -4.88. The molecule has 5 N–H and O–H groups in total. The Balaban J connectivity index is 0.960. The smallest absolute Gasteiger partial charge is 0.267 e. The maximum Gasteiger partial charge on any atom is 0.267 e. The van der Waals surface area contributed by atoms with Gasteiger partial charge in [0.2, 0.25) is 5.91 Å². The minimum atomic E-state index is -2.67. The molecule has 3 fully saturated rings. The van der Waals surface area contributed by atoms with Crippen molar-refractivity contribution in [2.24, 2.45) is 23.9 Å². The summed E-state index contributed by atoms with van der Waals surface area (Å²) in [5, 5.41) is 8.35. The molecular weight excluding hydrogens is 717 g/mol. The largest absolute Gasteiger partial charge is 0.476 e. The molecule has 8 rings (SSSR count). The van der Waals surface area contributed by atoms with Gasteiger partial charge in [-0.05, 0) is 99.5 Å². The second kappa shape index (κ2) is 15.6. The molecule has 0 unspecified atom stereocenters. The molecule has 300 valence electrons. The number of hydrogen-bond acceptors (Lipinski definition) is 8. The maximum absolute atomic E-state index is 14.7. The van der Waals surface area contributed by atoms with Crippen LogP contribution in [0.3, 0.4) is 0 Å². The van der Waals surface area contributed by atoms with E-state index in [-0.39, 0.29) is 52.6 Å². The molecule has 3 saturated carbocycles. The molecule has 14 heteroatoms. The highest BCUT2D eigenvalue weighted by Crippen LogP contribution is 2.55. The van der Waals surface area contributed by atoms with Gasteiger partial charge in [0.05, 0.1) is 30.3 Å². The van der Waals surface area contributed by atoms with Gasteiger partial charge in [-0.25, -0.2) is 13.8 Å². The molecular formula is C42H55F2N9O3. The van der Waals surface area contributed by atoms with Crippen molar-refractivity contribution in [2.45, 2.75) is 128 Å². The average Bonchev–Trinajstić information content (AvgIpc) is 3.79. The standard InChI is InChI=1S/C42H55F2N9O3/c1-26(54)51-18-14-36-33(23-51)40(52-17-6-7-27-19-31(35-24-50(2)25-47-35)32(39(43)44)20-37(27)52)49-53(36)29-12-15-42(16-13-29)21-30(22-42)56-38(46)11-10-34(45)41(55)48-28-8-4-3-5-9-28/h10-11,19-20,24-25,28-30,39H,3-9,12-18,21-23,45-46H2,1-2H3,(H,48,55)/b34-10-,38-11+. The van der Waals surface area contributed by atoms with E-state index in [1.807, 2.05) is 18.0 Å². The Morgan fingerprint density at radius 3 is 2.48 bits per heavy atom. The number of nitrogens with two attached hydrogens (primary N) is 2. The van der Waals surface area contributed by atoms with Crippen LogP contribution in [-0.4, -0.2) is 61.3 Å². The van der Waals surface area contributed by atoms with Crippen molar-refractivity contribution in [1.82, 2.24) is 29.5 Å². The lowest BCUT2D eigenvalue weighted by molar-refractivity contribution is -0.129. The predicted molar refractivity (Wildman–Crippen MR) is 210 cm³/mol. The molecule has 12 nitrogen and oxygen atoms in total. The van der Waals surface area contributed by atoms with E-state index in [2.05, 4.69) is 19.9 Å². The van der Waals surface area contributed by atoms with Crippen LogP contribution in [0, 0.1) is 5.41 Å². The minimum Gasteiger partial charge on any atom is -0.476 e. The van der Waals surface area contributed by atoms with Crippen LogP contribution in [-0.2, 0) is 40.8 Å². The summed E-state index contributed by atoms with van der Waals surface area (Å²) in [6, 6.07) is 3.92. The maximum atomic E-state index is 14.7. The summed E-state index contributed by atoms with van der Waals surface area (Å²) in [6.45, 7) is 3.34. The number of benzene rings is 1. The van der Waals surface area contributed by atoms with Gasteiger partial charge in [0.15, 0.2) is 11.7 Å². The third-order valence-electron chi connectivity index (χ3n) is 13.0. The van der Waals surface area contributed by atoms with Crippen LogP contribution < -0.4 is 21.7 Å². The zero-order valence-electron chi connectivity index (χ0n) is 32.6. The van der Waals surface area contributed by atoms with Gasteiger partial charge in [0.25, 0.3) is 12.3 Å². The highest BCUT2D eigenvalue weighted by Gasteiger charge is 2.48. The Labute approximate surface area is 327 Å². The number of alkyl halides is 2. The van der Waals surface area contributed by atoms with E-state index in [0.29, 0.717) is 37.3 Å². The van der Waals surface area contributed by atoms with Crippen LogP contribution in [0.1, 0.15) is 119 Å². The number of hydrogen-bond donors (Lipinski definition) is 3. The van der Waals surface area contributed by atoms with Crippen molar-refractivity contribution >= 4 is 23.3 Å². The summed E-state index contributed by atoms with van der Waals surface area (Å²) in [7, 11) is 1.83.